The number of rotatable bonds is 5. The van der Waals surface area contributed by atoms with Gasteiger partial charge in [-0.15, -0.1) is 0 Å². The van der Waals surface area contributed by atoms with Gasteiger partial charge in [0.15, 0.2) is 0 Å². The molecule has 19 heavy (non-hydrogen) atoms. The van der Waals surface area contributed by atoms with Crippen molar-refractivity contribution >= 4 is 27.7 Å². The number of halogens is 1. The van der Waals surface area contributed by atoms with E-state index in [0.717, 1.165) is 17.3 Å². The lowest BCUT2D eigenvalue weighted by molar-refractivity contribution is 0.0943. The molecule has 1 aliphatic rings. The van der Waals surface area contributed by atoms with Crippen LogP contribution < -0.4 is 16.6 Å². The summed E-state index contributed by atoms with van der Waals surface area (Å²) < 4.78 is 0.787. The molecule has 0 atom stereocenters. The first-order valence-electron chi connectivity index (χ1n) is 6.53. The molecule has 1 fully saturated rings. The van der Waals surface area contributed by atoms with Crippen molar-refractivity contribution in [3.05, 3.63) is 10.7 Å². The molecule has 106 valence electrons. The number of nitrogens with one attached hydrogen (secondary N) is 2. The molecule has 1 aromatic heterocycles. The molecule has 6 nitrogen and oxygen atoms in total. The van der Waals surface area contributed by atoms with Gasteiger partial charge in [-0.1, -0.05) is 19.3 Å². The van der Waals surface area contributed by atoms with E-state index in [1.54, 1.807) is 6.20 Å². The van der Waals surface area contributed by atoms with Crippen molar-refractivity contribution < 1.29 is 5.11 Å². The van der Waals surface area contributed by atoms with Crippen molar-refractivity contribution in [1.29, 1.82) is 0 Å². The second-order valence-corrected chi connectivity index (χ2v) is 5.96. The zero-order chi connectivity index (χ0) is 13.7. The van der Waals surface area contributed by atoms with E-state index in [1.165, 1.54) is 19.3 Å². The van der Waals surface area contributed by atoms with Crippen LogP contribution in [-0.2, 0) is 0 Å². The Balaban J connectivity index is 2.04. The van der Waals surface area contributed by atoms with Crippen LogP contribution in [0.25, 0.3) is 0 Å². The molecule has 0 bridgehead atoms. The van der Waals surface area contributed by atoms with Gasteiger partial charge in [-0.3, -0.25) is 5.43 Å². The fourth-order valence-electron chi connectivity index (χ4n) is 2.52. The van der Waals surface area contributed by atoms with Gasteiger partial charge in [0, 0.05) is 18.2 Å². The maximum absolute atomic E-state index is 9.67. The molecule has 0 unspecified atom stereocenters. The monoisotopic (exact) mass is 329 g/mol. The van der Waals surface area contributed by atoms with E-state index in [9.17, 15) is 5.11 Å². The average Bonchev–Trinajstić information content (AvgIpc) is 2.47. The van der Waals surface area contributed by atoms with Crippen molar-refractivity contribution in [2.24, 2.45) is 11.3 Å². The normalized spacial score (nSPS) is 18.1. The van der Waals surface area contributed by atoms with Gasteiger partial charge in [-0.05, 0) is 28.8 Å². The molecular formula is C12H20BrN5O. The number of hydrogen-bond acceptors (Lipinski definition) is 6. The Kier molecular flexibility index (Phi) is 4.95. The molecular weight excluding hydrogens is 310 g/mol. The third kappa shape index (κ3) is 3.55. The molecule has 5 N–H and O–H groups in total. The predicted molar refractivity (Wildman–Crippen MR) is 78.6 cm³/mol. The predicted octanol–water partition coefficient (Wildman–Crippen LogP) is 1.88. The first-order valence-corrected chi connectivity index (χ1v) is 7.32. The number of aliphatic hydroxyl groups is 1. The summed E-state index contributed by atoms with van der Waals surface area (Å²) in [5.41, 5.74) is 2.39. The van der Waals surface area contributed by atoms with Crippen LogP contribution in [0, 0.1) is 5.41 Å². The van der Waals surface area contributed by atoms with Gasteiger partial charge >= 0.3 is 0 Å². The van der Waals surface area contributed by atoms with E-state index in [0.29, 0.717) is 18.3 Å². The Morgan fingerprint density at radius 1 is 1.37 bits per heavy atom. The second kappa shape index (κ2) is 6.49. The Bertz CT molecular complexity index is 423. The summed E-state index contributed by atoms with van der Waals surface area (Å²) >= 11 is 3.41. The van der Waals surface area contributed by atoms with Crippen LogP contribution in [0.1, 0.15) is 32.1 Å². The Hall–Kier alpha value is -0.920. The van der Waals surface area contributed by atoms with Crippen LogP contribution >= 0.6 is 15.9 Å². The Morgan fingerprint density at radius 2 is 2.11 bits per heavy atom. The number of nitrogens with two attached hydrogens (primary N) is 1. The molecule has 0 spiro atoms. The molecule has 0 aromatic carbocycles. The van der Waals surface area contributed by atoms with Crippen LogP contribution in [-0.4, -0.2) is 28.2 Å². The molecule has 2 rings (SSSR count). The highest BCUT2D eigenvalue weighted by atomic mass is 79.9. The number of hydrazine groups is 1. The van der Waals surface area contributed by atoms with E-state index in [-0.39, 0.29) is 12.0 Å². The minimum Gasteiger partial charge on any atom is -0.396 e. The van der Waals surface area contributed by atoms with Crippen molar-refractivity contribution in [2.45, 2.75) is 32.1 Å². The lowest BCUT2D eigenvalue weighted by Gasteiger charge is -2.35. The van der Waals surface area contributed by atoms with E-state index in [4.69, 9.17) is 5.84 Å². The van der Waals surface area contributed by atoms with Gasteiger partial charge < -0.3 is 10.4 Å². The topological polar surface area (TPSA) is 96.1 Å². The van der Waals surface area contributed by atoms with Crippen molar-refractivity contribution in [1.82, 2.24) is 9.97 Å². The Labute approximate surface area is 121 Å². The maximum atomic E-state index is 9.67. The second-order valence-electron chi connectivity index (χ2n) is 5.11. The SMILES string of the molecule is NNc1ncc(Br)c(NCC2(CO)CCCCC2)n1. The van der Waals surface area contributed by atoms with Gasteiger partial charge in [0.1, 0.15) is 5.82 Å². The highest BCUT2D eigenvalue weighted by molar-refractivity contribution is 9.10. The van der Waals surface area contributed by atoms with Crippen LogP contribution in [0.3, 0.4) is 0 Å². The van der Waals surface area contributed by atoms with Gasteiger partial charge in [0.05, 0.1) is 11.1 Å². The van der Waals surface area contributed by atoms with Crippen LogP contribution in [0.5, 0.6) is 0 Å². The molecule has 0 aliphatic heterocycles. The number of aromatic nitrogens is 2. The zero-order valence-electron chi connectivity index (χ0n) is 10.8. The van der Waals surface area contributed by atoms with E-state index in [2.05, 4.69) is 36.6 Å². The fourth-order valence-corrected chi connectivity index (χ4v) is 2.86. The molecule has 0 radical (unpaired) electrons. The lowest BCUT2D eigenvalue weighted by Crippen LogP contribution is -2.35. The third-order valence-electron chi connectivity index (χ3n) is 3.75. The first kappa shape index (κ1) is 14.5. The summed E-state index contributed by atoms with van der Waals surface area (Å²) in [4.78, 5) is 8.26. The molecule has 1 aromatic rings. The van der Waals surface area contributed by atoms with E-state index < -0.39 is 0 Å². The van der Waals surface area contributed by atoms with Crippen molar-refractivity contribution in [3.8, 4) is 0 Å². The van der Waals surface area contributed by atoms with Gasteiger partial charge in [-0.25, -0.2) is 10.8 Å². The molecule has 0 amide bonds. The zero-order valence-corrected chi connectivity index (χ0v) is 12.4. The smallest absolute Gasteiger partial charge is 0.239 e. The minimum absolute atomic E-state index is 0.0288. The fraction of sp³-hybridized carbons (Fsp3) is 0.667. The molecule has 0 saturated heterocycles. The first-order chi connectivity index (χ1) is 9.19. The number of aliphatic hydroxyl groups excluding tert-OH is 1. The summed E-state index contributed by atoms with van der Waals surface area (Å²) in [5.74, 6) is 6.37. The lowest BCUT2D eigenvalue weighted by atomic mass is 9.74. The molecule has 1 saturated carbocycles. The standard InChI is InChI=1S/C12H20BrN5O/c13-9-6-15-11(18-14)17-10(9)16-7-12(8-19)4-2-1-3-5-12/h6,19H,1-5,7-8,14H2,(H2,15,16,17,18). The summed E-state index contributed by atoms with van der Waals surface area (Å²) in [6.07, 6.45) is 7.39. The van der Waals surface area contributed by atoms with Gasteiger partial charge in [-0.2, -0.15) is 4.98 Å². The maximum Gasteiger partial charge on any atom is 0.239 e. The van der Waals surface area contributed by atoms with Crippen molar-refractivity contribution in [2.75, 3.05) is 23.9 Å². The summed E-state index contributed by atoms with van der Waals surface area (Å²) in [5, 5.41) is 13.0. The number of hydrogen-bond donors (Lipinski definition) is 4. The van der Waals surface area contributed by atoms with Crippen LogP contribution in [0.2, 0.25) is 0 Å². The third-order valence-corrected chi connectivity index (χ3v) is 4.33. The van der Waals surface area contributed by atoms with E-state index >= 15 is 0 Å². The highest BCUT2D eigenvalue weighted by Gasteiger charge is 2.31. The van der Waals surface area contributed by atoms with Gasteiger partial charge in [0.2, 0.25) is 5.95 Å². The summed E-state index contributed by atoms with van der Waals surface area (Å²) in [6, 6.07) is 0. The number of nitrogen functional groups attached to an aromatic ring is 1. The van der Waals surface area contributed by atoms with Crippen LogP contribution in [0.4, 0.5) is 11.8 Å². The molecule has 1 aliphatic carbocycles. The minimum atomic E-state index is -0.0288. The number of anilines is 2. The largest absolute Gasteiger partial charge is 0.396 e. The van der Waals surface area contributed by atoms with Gasteiger partial charge in [0.25, 0.3) is 0 Å². The highest BCUT2D eigenvalue weighted by Crippen LogP contribution is 2.36. The molecule has 1 heterocycles. The van der Waals surface area contributed by atoms with E-state index in [1.807, 2.05) is 0 Å². The van der Waals surface area contributed by atoms with Crippen LogP contribution in [0.15, 0.2) is 10.7 Å². The summed E-state index contributed by atoms with van der Waals surface area (Å²) in [6.45, 7) is 0.924. The van der Waals surface area contributed by atoms with Crippen molar-refractivity contribution in [3.63, 3.8) is 0 Å². The number of nitrogens with zero attached hydrogens (tertiary/aromatic N) is 2. The Morgan fingerprint density at radius 3 is 2.74 bits per heavy atom. The average molecular weight is 330 g/mol. The summed E-state index contributed by atoms with van der Waals surface area (Å²) in [7, 11) is 0. The molecule has 7 heteroatoms. The quantitative estimate of drug-likeness (QED) is 0.486.